The van der Waals surface area contributed by atoms with Gasteiger partial charge in [0.25, 0.3) is 5.56 Å². The van der Waals surface area contributed by atoms with Gasteiger partial charge in [-0.3, -0.25) is 19.1 Å². The van der Waals surface area contributed by atoms with Crippen LogP contribution in [0.25, 0.3) is 0 Å². The van der Waals surface area contributed by atoms with E-state index >= 15 is 0 Å². The van der Waals surface area contributed by atoms with E-state index < -0.39 is 47.2 Å². The van der Waals surface area contributed by atoms with Crippen molar-refractivity contribution < 1.29 is 24.5 Å². The molecule has 1 saturated heterocycles. The number of carbonyl (C=O) groups is 1. The number of aliphatic hydroxyl groups excluding tert-OH is 2. The number of aliphatic hydroxyl groups is 2. The van der Waals surface area contributed by atoms with Crippen molar-refractivity contribution in [3.8, 4) is 0 Å². The molecule has 0 saturated carbocycles. The molecule has 1 aliphatic rings. The predicted octanol–water partition coefficient (Wildman–Crippen LogP) is -1.25. The number of hydrogen-bond donors (Lipinski definition) is 3. The fraction of sp³-hybridized carbons (Fsp3) is 0.643. The second-order valence-electron chi connectivity index (χ2n) is 6.41. The molecule has 0 radical (unpaired) electrons. The van der Waals surface area contributed by atoms with Gasteiger partial charge in [-0.25, -0.2) is 4.79 Å². The lowest BCUT2D eigenvalue weighted by Gasteiger charge is -2.20. The monoisotopic (exact) mass is 328 g/mol. The molecule has 0 spiro atoms. The van der Waals surface area contributed by atoms with E-state index in [1.54, 1.807) is 20.8 Å². The van der Waals surface area contributed by atoms with Gasteiger partial charge in [-0.2, -0.15) is 0 Å². The van der Waals surface area contributed by atoms with Crippen LogP contribution >= 0.6 is 0 Å². The highest BCUT2D eigenvalue weighted by Crippen LogP contribution is 2.28. The zero-order valence-electron chi connectivity index (χ0n) is 13.1. The van der Waals surface area contributed by atoms with Crippen molar-refractivity contribution in [1.82, 2.24) is 9.55 Å². The Balaban J connectivity index is 2.11. The molecule has 0 bridgehead atoms. The van der Waals surface area contributed by atoms with E-state index in [1.807, 2.05) is 4.98 Å². The number of nitrogens with one attached hydrogen (secondary N) is 1. The average molecular weight is 328 g/mol. The van der Waals surface area contributed by atoms with Crippen molar-refractivity contribution in [2.45, 2.75) is 45.3 Å². The van der Waals surface area contributed by atoms with Gasteiger partial charge in [0.05, 0.1) is 5.41 Å². The third-order valence-corrected chi connectivity index (χ3v) is 3.45. The Morgan fingerprint density at radius 1 is 1.35 bits per heavy atom. The maximum atomic E-state index is 11.7. The molecule has 1 fully saturated rings. The number of hydrogen-bond acceptors (Lipinski definition) is 7. The normalized spacial score (nSPS) is 27.9. The van der Waals surface area contributed by atoms with E-state index in [0.717, 1.165) is 16.8 Å². The summed E-state index contributed by atoms with van der Waals surface area (Å²) in [5, 5.41) is 20.0. The minimum absolute atomic E-state index is 0.261. The number of rotatable bonds is 3. The number of aromatic amines is 1. The van der Waals surface area contributed by atoms with Crippen LogP contribution in [-0.2, 0) is 14.3 Å². The largest absolute Gasteiger partial charge is 0.462 e. The first-order chi connectivity index (χ1) is 10.6. The summed E-state index contributed by atoms with van der Waals surface area (Å²) in [4.78, 5) is 36.6. The molecule has 2 heterocycles. The van der Waals surface area contributed by atoms with Crippen molar-refractivity contribution in [2.75, 3.05) is 6.61 Å². The molecular weight excluding hydrogens is 308 g/mol. The van der Waals surface area contributed by atoms with Crippen LogP contribution in [0.3, 0.4) is 0 Å². The Bertz CT molecular complexity index is 687. The highest BCUT2D eigenvalue weighted by Gasteiger charge is 2.45. The number of carbonyl (C=O) groups excluding carboxylic acids is 1. The maximum absolute atomic E-state index is 11.7. The molecule has 0 aliphatic carbocycles. The Kier molecular flexibility index (Phi) is 4.73. The minimum atomic E-state index is -1.41. The van der Waals surface area contributed by atoms with Gasteiger partial charge in [0.2, 0.25) is 0 Å². The summed E-state index contributed by atoms with van der Waals surface area (Å²) in [6, 6.07) is 1.09. The fourth-order valence-electron chi connectivity index (χ4n) is 2.10. The van der Waals surface area contributed by atoms with Crippen LogP contribution in [0.5, 0.6) is 0 Å². The molecular formula is C14H20N2O7. The van der Waals surface area contributed by atoms with Crippen molar-refractivity contribution in [3.05, 3.63) is 33.1 Å². The fourth-order valence-corrected chi connectivity index (χ4v) is 2.10. The van der Waals surface area contributed by atoms with Crippen LogP contribution in [0.2, 0.25) is 0 Å². The minimum Gasteiger partial charge on any atom is -0.462 e. The number of nitrogens with zero attached hydrogens (tertiary/aromatic N) is 1. The third kappa shape index (κ3) is 3.69. The molecule has 3 N–H and O–H groups in total. The first kappa shape index (κ1) is 17.4. The summed E-state index contributed by atoms with van der Waals surface area (Å²) in [5.41, 5.74) is -2.08. The smallest absolute Gasteiger partial charge is 0.330 e. The maximum Gasteiger partial charge on any atom is 0.330 e. The Hall–Kier alpha value is -1.97. The van der Waals surface area contributed by atoms with Crippen molar-refractivity contribution >= 4 is 5.97 Å². The van der Waals surface area contributed by atoms with Gasteiger partial charge >= 0.3 is 11.7 Å². The van der Waals surface area contributed by atoms with Crippen LogP contribution < -0.4 is 11.2 Å². The average Bonchev–Trinajstić information content (AvgIpc) is 2.72. The van der Waals surface area contributed by atoms with Crippen molar-refractivity contribution in [1.29, 1.82) is 0 Å². The number of aromatic nitrogens is 2. The highest BCUT2D eigenvalue weighted by atomic mass is 16.6. The lowest BCUT2D eigenvalue weighted by molar-refractivity contribution is -0.159. The van der Waals surface area contributed by atoms with Crippen LogP contribution in [0, 0.1) is 5.41 Å². The van der Waals surface area contributed by atoms with Gasteiger partial charge in [0.15, 0.2) is 6.23 Å². The van der Waals surface area contributed by atoms with Crippen LogP contribution in [-0.4, -0.2) is 50.7 Å². The molecule has 1 aromatic heterocycles. The lowest BCUT2D eigenvalue weighted by Crippen LogP contribution is -2.38. The molecule has 128 valence electrons. The molecule has 4 unspecified atom stereocenters. The van der Waals surface area contributed by atoms with Gasteiger partial charge in [0, 0.05) is 12.3 Å². The van der Waals surface area contributed by atoms with E-state index in [1.165, 1.54) is 0 Å². The van der Waals surface area contributed by atoms with E-state index in [9.17, 15) is 24.6 Å². The summed E-state index contributed by atoms with van der Waals surface area (Å²) in [5.74, 6) is -0.479. The second-order valence-corrected chi connectivity index (χ2v) is 6.41. The third-order valence-electron chi connectivity index (χ3n) is 3.45. The number of esters is 1. The first-order valence-electron chi connectivity index (χ1n) is 7.11. The summed E-state index contributed by atoms with van der Waals surface area (Å²) in [7, 11) is 0. The standard InChI is InChI=1S/C14H20N2O7/c1-14(2,3)12(20)22-6-7-9(18)10(19)11(23-7)16-5-4-8(17)15-13(16)21/h4-5,7,9-11,18-19H,6H2,1-3H3,(H,15,17,21). The van der Waals surface area contributed by atoms with Gasteiger partial charge in [-0.15, -0.1) is 0 Å². The topological polar surface area (TPSA) is 131 Å². The van der Waals surface area contributed by atoms with Gasteiger partial charge < -0.3 is 19.7 Å². The lowest BCUT2D eigenvalue weighted by atomic mass is 9.97. The second kappa shape index (κ2) is 6.26. The van der Waals surface area contributed by atoms with Crippen molar-refractivity contribution in [2.24, 2.45) is 5.41 Å². The Morgan fingerprint density at radius 3 is 2.57 bits per heavy atom. The van der Waals surface area contributed by atoms with Crippen molar-refractivity contribution in [3.63, 3.8) is 0 Å². The number of ether oxygens (including phenoxy) is 2. The number of H-pyrrole nitrogens is 1. The molecule has 9 heteroatoms. The van der Waals surface area contributed by atoms with Gasteiger partial charge in [-0.05, 0) is 20.8 Å². The van der Waals surface area contributed by atoms with Crippen LogP contribution in [0.1, 0.15) is 27.0 Å². The molecule has 1 aliphatic heterocycles. The first-order valence-corrected chi connectivity index (χ1v) is 7.11. The zero-order valence-corrected chi connectivity index (χ0v) is 13.1. The molecule has 2 rings (SSSR count). The summed E-state index contributed by atoms with van der Waals surface area (Å²) >= 11 is 0. The molecule has 4 atom stereocenters. The molecule has 9 nitrogen and oxygen atoms in total. The summed E-state index contributed by atoms with van der Waals surface area (Å²) in [6.07, 6.45) is -3.76. The molecule has 0 amide bonds. The van der Waals surface area contributed by atoms with E-state index in [0.29, 0.717) is 0 Å². The molecule has 1 aromatic rings. The van der Waals surface area contributed by atoms with E-state index in [2.05, 4.69) is 0 Å². The van der Waals surface area contributed by atoms with Crippen LogP contribution in [0.4, 0.5) is 0 Å². The highest BCUT2D eigenvalue weighted by molar-refractivity contribution is 5.75. The van der Waals surface area contributed by atoms with Crippen LogP contribution in [0.15, 0.2) is 21.9 Å². The Morgan fingerprint density at radius 2 is 2.00 bits per heavy atom. The SMILES string of the molecule is CC(C)(C)C(=O)OCC1OC(n2ccc(=O)[nH]c2=O)C(O)C1O. The predicted molar refractivity (Wildman–Crippen MR) is 77.7 cm³/mol. The quantitative estimate of drug-likeness (QED) is 0.591. The Labute approximate surface area is 131 Å². The van der Waals surface area contributed by atoms with E-state index in [4.69, 9.17) is 9.47 Å². The van der Waals surface area contributed by atoms with Gasteiger partial charge in [-0.1, -0.05) is 0 Å². The zero-order chi connectivity index (χ0) is 17.4. The van der Waals surface area contributed by atoms with E-state index in [-0.39, 0.29) is 6.61 Å². The van der Waals surface area contributed by atoms with Gasteiger partial charge in [0.1, 0.15) is 24.9 Å². The summed E-state index contributed by atoms with van der Waals surface area (Å²) in [6.45, 7) is 4.78. The molecule has 23 heavy (non-hydrogen) atoms. The summed E-state index contributed by atoms with van der Waals surface area (Å²) < 4.78 is 11.4. The molecule has 0 aromatic carbocycles.